The third-order valence-electron chi connectivity index (χ3n) is 5.02. The minimum absolute atomic E-state index is 0.00650. The molecule has 6 nitrogen and oxygen atoms in total. The lowest BCUT2D eigenvalue weighted by molar-refractivity contribution is -0.105. The maximum Gasteiger partial charge on any atom is 0.317 e. The summed E-state index contributed by atoms with van der Waals surface area (Å²) in [6, 6.07) is 0.00650. The summed E-state index contributed by atoms with van der Waals surface area (Å²) in [5.74, 6) is 0.461. The first kappa shape index (κ1) is 18.6. The van der Waals surface area contributed by atoms with Crippen LogP contribution in [0.3, 0.4) is 0 Å². The maximum atomic E-state index is 12.4. The van der Waals surface area contributed by atoms with E-state index in [0.29, 0.717) is 25.6 Å². The lowest BCUT2D eigenvalue weighted by Gasteiger charge is -2.35. The Morgan fingerprint density at radius 3 is 2.84 bits per heavy atom. The molecule has 2 saturated heterocycles. The van der Waals surface area contributed by atoms with Gasteiger partial charge in [-0.05, 0) is 19.3 Å². The molecule has 0 atom stereocenters. The molecule has 25 heavy (non-hydrogen) atoms. The molecule has 2 aliphatic heterocycles. The van der Waals surface area contributed by atoms with Gasteiger partial charge >= 0.3 is 6.03 Å². The molecule has 0 bridgehead atoms. The van der Waals surface area contributed by atoms with Crippen LogP contribution in [0.1, 0.15) is 49.7 Å². The van der Waals surface area contributed by atoms with Crippen LogP contribution in [0.2, 0.25) is 0 Å². The lowest BCUT2D eigenvalue weighted by Crippen LogP contribution is -2.43. The summed E-state index contributed by atoms with van der Waals surface area (Å²) < 4.78 is 11.5. The van der Waals surface area contributed by atoms with Crippen LogP contribution in [0.4, 0.5) is 4.79 Å². The molecular weight excluding hydrogens is 338 g/mol. The fourth-order valence-electron chi connectivity index (χ4n) is 3.35. The Morgan fingerprint density at radius 2 is 2.12 bits per heavy atom. The van der Waals surface area contributed by atoms with E-state index in [9.17, 15) is 4.79 Å². The van der Waals surface area contributed by atoms with Gasteiger partial charge in [0.2, 0.25) is 0 Å². The van der Waals surface area contributed by atoms with E-state index >= 15 is 0 Å². The second kappa shape index (κ2) is 8.47. The molecular formula is C18H29N3O3S. The maximum absolute atomic E-state index is 12.4. The summed E-state index contributed by atoms with van der Waals surface area (Å²) in [4.78, 5) is 18.9. The van der Waals surface area contributed by atoms with Crippen LogP contribution in [-0.4, -0.2) is 61.0 Å². The van der Waals surface area contributed by atoms with Crippen LogP contribution in [0.15, 0.2) is 5.38 Å². The molecule has 0 aromatic carbocycles. The van der Waals surface area contributed by atoms with Gasteiger partial charge < -0.3 is 19.7 Å². The van der Waals surface area contributed by atoms with Crippen molar-refractivity contribution in [1.29, 1.82) is 0 Å². The highest BCUT2D eigenvalue weighted by Crippen LogP contribution is 2.30. The van der Waals surface area contributed by atoms with E-state index in [1.807, 2.05) is 4.90 Å². The molecule has 1 aromatic rings. The van der Waals surface area contributed by atoms with Gasteiger partial charge in [-0.25, -0.2) is 9.78 Å². The quantitative estimate of drug-likeness (QED) is 0.889. The van der Waals surface area contributed by atoms with Crippen LogP contribution >= 0.6 is 11.3 Å². The van der Waals surface area contributed by atoms with Crippen LogP contribution in [0, 0.1) is 0 Å². The third kappa shape index (κ3) is 4.92. The van der Waals surface area contributed by atoms with Gasteiger partial charge in [0, 0.05) is 50.6 Å². The van der Waals surface area contributed by atoms with Crippen LogP contribution in [-0.2, 0) is 15.9 Å². The van der Waals surface area contributed by atoms with E-state index in [1.165, 1.54) is 0 Å². The Kier molecular flexibility index (Phi) is 6.30. The number of thiazole rings is 1. The zero-order chi connectivity index (χ0) is 17.7. The summed E-state index contributed by atoms with van der Waals surface area (Å²) in [5, 5.41) is 6.28. The standard InChI is InChI=1S/C18H29N3O3S/c1-14(2)16-20-15(13-25-16)3-7-19-17(22)21-8-4-18(24-12-9-21)5-10-23-11-6-18/h13-14H,3-12H2,1-2H3,(H,19,22). The van der Waals surface area contributed by atoms with Gasteiger partial charge in [-0.3, -0.25) is 0 Å². The molecule has 0 aliphatic carbocycles. The number of nitrogens with zero attached hydrogens (tertiary/aromatic N) is 2. The first-order valence-corrected chi connectivity index (χ1v) is 10.1. The van der Waals surface area contributed by atoms with Crippen molar-refractivity contribution < 1.29 is 14.3 Å². The van der Waals surface area contributed by atoms with Crippen molar-refractivity contribution in [3.8, 4) is 0 Å². The average Bonchev–Trinajstić information content (AvgIpc) is 2.99. The zero-order valence-corrected chi connectivity index (χ0v) is 16.1. The summed E-state index contributed by atoms with van der Waals surface area (Å²) >= 11 is 1.70. The minimum atomic E-state index is -0.0822. The van der Waals surface area contributed by atoms with E-state index in [2.05, 4.69) is 29.5 Å². The fraction of sp³-hybridized carbons (Fsp3) is 0.778. The molecule has 0 radical (unpaired) electrons. The number of carbonyl (C=O) groups excluding carboxylic acids is 1. The van der Waals surface area contributed by atoms with Crippen molar-refractivity contribution in [3.63, 3.8) is 0 Å². The van der Waals surface area contributed by atoms with Crippen molar-refractivity contribution in [2.75, 3.05) is 39.5 Å². The Morgan fingerprint density at radius 1 is 1.32 bits per heavy atom. The second-order valence-electron chi connectivity index (χ2n) is 7.19. The van der Waals surface area contributed by atoms with Gasteiger partial charge in [0.15, 0.2) is 0 Å². The van der Waals surface area contributed by atoms with E-state index in [0.717, 1.165) is 56.1 Å². The van der Waals surface area contributed by atoms with Crippen LogP contribution < -0.4 is 5.32 Å². The summed E-state index contributed by atoms with van der Waals surface area (Å²) in [5.41, 5.74) is 0.982. The van der Waals surface area contributed by atoms with Gasteiger partial charge in [-0.2, -0.15) is 0 Å². The highest BCUT2D eigenvalue weighted by Gasteiger charge is 2.36. The predicted octanol–water partition coefficient (Wildman–Crippen LogP) is 2.79. The normalized spacial score (nSPS) is 20.7. The summed E-state index contributed by atoms with van der Waals surface area (Å²) in [6.45, 7) is 8.46. The van der Waals surface area contributed by atoms with Gasteiger partial charge in [0.1, 0.15) is 0 Å². The van der Waals surface area contributed by atoms with Gasteiger partial charge in [-0.1, -0.05) is 13.8 Å². The van der Waals surface area contributed by atoms with Crippen LogP contribution in [0.5, 0.6) is 0 Å². The highest BCUT2D eigenvalue weighted by molar-refractivity contribution is 7.09. The summed E-state index contributed by atoms with van der Waals surface area (Å²) in [7, 11) is 0. The molecule has 1 N–H and O–H groups in total. The van der Waals surface area contributed by atoms with Gasteiger partial charge in [-0.15, -0.1) is 11.3 Å². The molecule has 1 spiro atoms. The van der Waals surface area contributed by atoms with E-state index < -0.39 is 0 Å². The number of ether oxygens (including phenoxy) is 2. The average molecular weight is 368 g/mol. The number of rotatable bonds is 4. The number of hydrogen-bond acceptors (Lipinski definition) is 5. The number of amides is 2. The first-order valence-electron chi connectivity index (χ1n) is 9.27. The topological polar surface area (TPSA) is 63.7 Å². The smallest absolute Gasteiger partial charge is 0.317 e. The van der Waals surface area contributed by atoms with Crippen LogP contribution in [0.25, 0.3) is 0 Å². The molecule has 2 aliphatic rings. The lowest BCUT2D eigenvalue weighted by atomic mass is 9.90. The monoisotopic (exact) mass is 367 g/mol. The molecule has 2 amide bonds. The number of nitrogens with one attached hydrogen (secondary N) is 1. The predicted molar refractivity (Wildman–Crippen MR) is 98.2 cm³/mol. The van der Waals surface area contributed by atoms with Crippen molar-refractivity contribution in [3.05, 3.63) is 16.1 Å². The largest absolute Gasteiger partial charge is 0.381 e. The number of carbonyl (C=O) groups is 1. The third-order valence-corrected chi connectivity index (χ3v) is 6.21. The van der Waals surface area contributed by atoms with Gasteiger partial charge in [0.05, 0.1) is 22.9 Å². The van der Waals surface area contributed by atoms with Crippen molar-refractivity contribution in [1.82, 2.24) is 15.2 Å². The Hall–Kier alpha value is -1.18. The molecule has 1 aromatic heterocycles. The van der Waals surface area contributed by atoms with Crippen molar-refractivity contribution in [2.45, 2.75) is 51.0 Å². The minimum Gasteiger partial charge on any atom is -0.381 e. The zero-order valence-electron chi connectivity index (χ0n) is 15.3. The van der Waals surface area contributed by atoms with Gasteiger partial charge in [0.25, 0.3) is 0 Å². The molecule has 3 heterocycles. The van der Waals surface area contributed by atoms with Crippen molar-refractivity contribution >= 4 is 17.4 Å². The number of urea groups is 1. The fourth-order valence-corrected chi connectivity index (χ4v) is 4.22. The highest BCUT2D eigenvalue weighted by atomic mass is 32.1. The van der Waals surface area contributed by atoms with E-state index in [-0.39, 0.29) is 11.6 Å². The first-order chi connectivity index (χ1) is 12.1. The Labute approximate surface area is 153 Å². The Bertz CT molecular complexity index is 570. The molecule has 140 valence electrons. The molecule has 3 rings (SSSR count). The molecule has 0 unspecified atom stereocenters. The number of aromatic nitrogens is 1. The SMILES string of the molecule is CC(C)c1nc(CCNC(=O)N2CCOC3(CCOCC3)CC2)cs1. The Balaban J connectivity index is 1.43. The molecule has 0 saturated carbocycles. The second-order valence-corrected chi connectivity index (χ2v) is 8.08. The molecule has 7 heteroatoms. The number of hydrogen-bond donors (Lipinski definition) is 1. The summed E-state index contributed by atoms with van der Waals surface area (Å²) in [6.07, 6.45) is 3.54. The van der Waals surface area contributed by atoms with E-state index in [4.69, 9.17) is 9.47 Å². The van der Waals surface area contributed by atoms with Crippen molar-refractivity contribution in [2.24, 2.45) is 0 Å². The molecule has 2 fully saturated rings. The van der Waals surface area contributed by atoms with E-state index in [1.54, 1.807) is 11.3 Å².